The summed E-state index contributed by atoms with van der Waals surface area (Å²) in [6.45, 7) is 10.0. The Labute approximate surface area is 170 Å². The van der Waals surface area contributed by atoms with E-state index in [2.05, 4.69) is 16.9 Å². The molecule has 2 aliphatic rings. The molecule has 0 spiro atoms. The van der Waals surface area contributed by atoms with E-state index in [1.54, 1.807) is 0 Å². The minimum absolute atomic E-state index is 0.00801. The highest BCUT2D eigenvalue weighted by atomic mass is 16.5. The van der Waals surface area contributed by atoms with Gasteiger partial charge >= 0.3 is 5.97 Å². The predicted octanol–water partition coefficient (Wildman–Crippen LogP) is 3.77. The normalized spacial score (nSPS) is 25.8. The molecule has 1 aromatic carbocycles. The zero-order valence-electron chi connectivity index (χ0n) is 17.3. The lowest BCUT2D eigenvalue weighted by molar-refractivity contribution is -0.145. The van der Waals surface area contributed by atoms with Gasteiger partial charge in [0.1, 0.15) is 23.3 Å². The Morgan fingerprint density at radius 2 is 1.52 bits per heavy atom. The van der Waals surface area contributed by atoms with Gasteiger partial charge in [-0.25, -0.2) is 9.97 Å². The van der Waals surface area contributed by atoms with Crippen LogP contribution >= 0.6 is 0 Å². The molecule has 0 aliphatic heterocycles. The van der Waals surface area contributed by atoms with Gasteiger partial charge in [-0.2, -0.15) is 10.5 Å². The second kappa shape index (κ2) is 5.87. The van der Waals surface area contributed by atoms with Gasteiger partial charge in [0.25, 0.3) is 0 Å². The number of aromatic nitrogens is 2. The highest BCUT2D eigenvalue weighted by Crippen LogP contribution is 2.70. The van der Waals surface area contributed by atoms with E-state index < -0.39 is 16.2 Å². The molecule has 6 nitrogen and oxygen atoms in total. The fourth-order valence-electron chi connectivity index (χ4n) is 5.28. The maximum absolute atomic E-state index is 13.7. The van der Waals surface area contributed by atoms with Gasteiger partial charge < -0.3 is 4.74 Å². The van der Waals surface area contributed by atoms with Crippen LogP contribution in [-0.4, -0.2) is 15.9 Å². The first-order chi connectivity index (χ1) is 13.6. The minimum Gasteiger partial charge on any atom is -0.426 e. The van der Waals surface area contributed by atoms with Crippen LogP contribution in [0, 0.1) is 41.9 Å². The molecule has 1 heterocycles. The summed E-state index contributed by atoms with van der Waals surface area (Å²) < 4.78 is 5.89. The van der Waals surface area contributed by atoms with Gasteiger partial charge in [0.15, 0.2) is 11.4 Å². The average Bonchev–Trinajstić information content (AvgIpc) is 2.95. The van der Waals surface area contributed by atoms with Crippen LogP contribution in [-0.2, 0) is 15.6 Å². The average molecular weight is 386 g/mol. The smallest absolute Gasteiger partial charge is 0.324 e. The number of ether oxygens (including phenoxy) is 1. The SMILES string of the molecule is Cc1cc(C)cc(OC(=O)C23CCC(C)(c4nc(C#N)c(C#N)nc42)C3(C)C)c1. The van der Waals surface area contributed by atoms with Crippen molar-refractivity contribution in [1.29, 1.82) is 10.5 Å². The van der Waals surface area contributed by atoms with Gasteiger partial charge in [-0.15, -0.1) is 0 Å². The molecule has 2 atom stereocenters. The Balaban J connectivity index is 1.90. The fourth-order valence-corrected chi connectivity index (χ4v) is 5.28. The summed E-state index contributed by atoms with van der Waals surface area (Å²) in [5.74, 6) is 0.125. The maximum Gasteiger partial charge on any atom is 0.324 e. The van der Waals surface area contributed by atoms with Crippen LogP contribution in [0.2, 0.25) is 0 Å². The van der Waals surface area contributed by atoms with E-state index in [9.17, 15) is 15.3 Å². The number of aryl methyl sites for hydroxylation is 2. The number of nitriles is 2. The number of esters is 1. The lowest BCUT2D eigenvalue weighted by Gasteiger charge is -2.38. The molecule has 0 saturated heterocycles. The molecule has 1 aromatic heterocycles. The molecule has 4 rings (SSSR count). The molecule has 29 heavy (non-hydrogen) atoms. The molecular formula is C23H22N4O2. The number of carbonyl (C=O) groups is 1. The number of hydrogen-bond donors (Lipinski definition) is 0. The van der Waals surface area contributed by atoms with Crippen molar-refractivity contribution in [2.24, 2.45) is 5.41 Å². The molecule has 6 heteroatoms. The summed E-state index contributed by atoms with van der Waals surface area (Å²) in [7, 11) is 0. The van der Waals surface area contributed by atoms with E-state index >= 15 is 0 Å². The van der Waals surface area contributed by atoms with Crippen molar-refractivity contribution < 1.29 is 9.53 Å². The van der Waals surface area contributed by atoms with Crippen LogP contribution in [0.3, 0.4) is 0 Å². The maximum atomic E-state index is 13.7. The summed E-state index contributed by atoms with van der Waals surface area (Å²) in [4.78, 5) is 22.6. The van der Waals surface area contributed by atoms with Crippen molar-refractivity contribution in [3.8, 4) is 17.9 Å². The van der Waals surface area contributed by atoms with Gasteiger partial charge in [0.05, 0.1) is 11.4 Å². The van der Waals surface area contributed by atoms with Crippen molar-refractivity contribution in [3.63, 3.8) is 0 Å². The lowest BCUT2D eigenvalue weighted by atomic mass is 9.64. The molecule has 0 N–H and O–H groups in total. The zero-order chi connectivity index (χ0) is 21.2. The van der Waals surface area contributed by atoms with Gasteiger partial charge in [0, 0.05) is 5.41 Å². The predicted molar refractivity (Wildman–Crippen MR) is 105 cm³/mol. The molecule has 1 saturated carbocycles. The summed E-state index contributed by atoms with van der Waals surface area (Å²) in [5, 5.41) is 18.8. The monoisotopic (exact) mass is 386 g/mol. The van der Waals surface area contributed by atoms with Crippen LogP contribution in [0.4, 0.5) is 0 Å². The van der Waals surface area contributed by atoms with Gasteiger partial charge in [-0.05, 0) is 55.4 Å². The molecule has 146 valence electrons. The summed E-state index contributed by atoms with van der Waals surface area (Å²) in [6.07, 6.45) is 1.30. The standard InChI is InChI=1S/C23H22N4O2/c1-13-8-14(2)10-15(9-13)29-20(28)23-7-6-22(5,21(23,3)4)18-19(23)27-17(12-25)16(11-24)26-18/h8-10H,6-7H2,1-5H3. The first-order valence-corrected chi connectivity index (χ1v) is 9.64. The van der Waals surface area contributed by atoms with Crippen molar-refractivity contribution in [3.05, 3.63) is 52.1 Å². The van der Waals surface area contributed by atoms with Crippen molar-refractivity contribution in [1.82, 2.24) is 9.97 Å². The highest BCUT2D eigenvalue weighted by Gasteiger charge is 2.74. The quantitative estimate of drug-likeness (QED) is 0.575. The number of nitrogens with zero attached hydrogens (tertiary/aromatic N) is 4. The van der Waals surface area contributed by atoms with Gasteiger partial charge in [-0.3, -0.25) is 4.79 Å². The Kier molecular flexibility index (Phi) is 3.87. The van der Waals surface area contributed by atoms with Crippen LogP contribution in [0.15, 0.2) is 18.2 Å². The molecule has 0 radical (unpaired) electrons. The molecule has 2 aromatic rings. The number of rotatable bonds is 2. The zero-order valence-corrected chi connectivity index (χ0v) is 17.3. The third-order valence-electron chi connectivity index (χ3n) is 7.24. The lowest BCUT2D eigenvalue weighted by Crippen LogP contribution is -2.48. The van der Waals surface area contributed by atoms with E-state index in [0.717, 1.165) is 17.5 Å². The Morgan fingerprint density at radius 1 is 0.966 bits per heavy atom. The van der Waals surface area contributed by atoms with Crippen LogP contribution in [0.1, 0.15) is 67.5 Å². The number of carbonyl (C=O) groups excluding carboxylic acids is 1. The van der Waals surface area contributed by atoms with Gasteiger partial charge in [0.2, 0.25) is 0 Å². The van der Waals surface area contributed by atoms with Gasteiger partial charge in [-0.1, -0.05) is 26.8 Å². The van der Waals surface area contributed by atoms with Crippen LogP contribution < -0.4 is 4.74 Å². The largest absolute Gasteiger partial charge is 0.426 e. The van der Waals surface area contributed by atoms with E-state index in [1.807, 2.05) is 58.0 Å². The van der Waals surface area contributed by atoms with Crippen molar-refractivity contribution in [2.45, 2.75) is 58.3 Å². The minimum atomic E-state index is -1.01. The first kappa shape index (κ1) is 19.1. The van der Waals surface area contributed by atoms with Crippen LogP contribution in [0.25, 0.3) is 0 Å². The summed E-state index contributed by atoms with van der Waals surface area (Å²) in [6, 6.07) is 9.60. The Morgan fingerprint density at radius 3 is 2.07 bits per heavy atom. The molecule has 2 bridgehead atoms. The molecule has 1 fully saturated rings. The molecule has 2 aliphatic carbocycles. The first-order valence-electron chi connectivity index (χ1n) is 9.64. The fraction of sp³-hybridized carbons (Fsp3) is 0.435. The topological polar surface area (TPSA) is 99.7 Å². The van der Waals surface area contributed by atoms with E-state index in [0.29, 0.717) is 23.6 Å². The Bertz CT molecular complexity index is 1130. The second-order valence-corrected chi connectivity index (χ2v) is 8.92. The van der Waals surface area contributed by atoms with E-state index in [1.165, 1.54) is 0 Å². The summed E-state index contributed by atoms with van der Waals surface area (Å²) >= 11 is 0. The van der Waals surface area contributed by atoms with Crippen molar-refractivity contribution >= 4 is 5.97 Å². The molecule has 0 amide bonds. The number of fused-ring (bicyclic) bond motifs is 5. The van der Waals surface area contributed by atoms with E-state index in [-0.39, 0.29) is 17.4 Å². The molecule has 2 unspecified atom stereocenters. The third kappa shape index (κ3) is 2.23. The van der Waals surface area contributed by atoms with E-state index in [4.69, 9.17) is 4.74 Å². The van der Waals surface area contributed by atoms with Crippen molar-refractivity contribution in [2.75, 3.05) is 0 Å². The highest BCUT2D eigenvalue weighted by molar-refractivity contribution is 5.89. The summed E-state index contributed by atoms with van der Waals surface area (Å²) in [5.41, 5.74) is 1.14. The number of benzene rings is 1. The number of hydrogen-bond acceptors (Lipinski definition) is 6. The molecular weight excluding hydrogens is 364 g/mol. The third-order valence-corrected chi connectivity index (χ3v) is 7.24. The van der Waals surface area contributed by atoms with Crippen LogP contribution in [0.5, 0.6) is 5.75 Å². The Hall–Kier alpha value is -3.25. The second-order valence-electron chi connectivity index (χ2n) is 8.92.